The molecule has 0 amide bonds. The van der Waals surface area contributed by atoms with Crippen LogP contribution in [0, 0.1) is 17.3 Å². The highest BCUT2D eigenvalue weighted by atomic mass is 14.7. The van der Waals surface area contributed by atoms with Crippen molar-refractivity contribution in [1.29, 1.82) is 0 Å². The minimum atomic E-state index is 0.559. The molecule has 0 aromatic rings. The second kappa shape index (κ2) is 3.14. The van der Waals surface area contributed by atoms with E-state index >= 15 is 0 Å². The average molecular weight is 155 g/mol. The van der Waals surface area contributed by atoms with Gasteiger partial charge in [-0.1, -0.05) is 33.6 Å². The normalized spacial score (nSPS) is 33.8. The molecule has 0 aromatic carbocycles. The molecule has 0 saturated heterocycles. The summed E-state index contributed by atoms with van der Waals surface area (Å²) in [5, 5.41) is 0. The number of rotatable bonds is 4. The van der Waals surface area contributed by atoms with Crippen LogP contribution < -0.4 is 5.73 Å². The van der Waals surface area contributed by atoms with Crippen molar-refractivity contribution in [2.24, 2.45) is 23.0 Å². The van der Waals surface area contributed by atoms with Gasteiger partial charge in [-0.3, -0.25) is 0 Å². The van der Waals surface area contributed by atoms with Crippen LogP contribution in [0.2, 0.25) is 0 Å². The van der Waals surface area contributed by atoms with E-state index in [1.165, 1.54) is 19.3 Å². The first kappa shape index (κ1) is 9.05. The third-order valence-corrected chi connectivity index (χ3v) is 3.41. The SMILES string of the molecule is CCCC[C@H]1[C@H](CN)C1(C)C. The van der Waals surface area contributed by atoms with Crippen LogP contribution in [-0.4, -0.2) is 6.54 Å². The molecule has 2 N–H and O–H groups in total. The predicted molar refractivity (Wildman–Crippen MR) is 49.3 cm³/mol. The van der Waals surface area contributed by atoms with Gasteiger partial charge in [-0.2, -0.15) is 0 Å². The Kier molecular flexibility index (Phi) is 2.58. The van der Waals surface area contributed by atoms with E-state index in [0.717, 1.165) is 18.4 Å². The average Bonchev–Trinajstić information content (AvgIpc) is 2.48. The largest absolute Gasteiger partial charge is 0.330 e. The van der Waals surface area contributed by atoms with Crippen LogP contribution in [0.5, 0.6) is 0 Å². The summed E-state index contributed by atoms with van der Waals surface area (Å²) >= 11 is 0. The van der Waals surface area contributed by atoms with Crippen molar-refractivity contribution in [3.05, 3.63) is 0 Å². The Bertz CT molecular complexity index is 129. The molecule has 1 heteroatoms. The highest BCUT2D eigenvalue weighted by Gasteiger charge is 2.55. The first-order valence-electron chi connectivity index (χ1n) is 4.84. The summed E-state index contributed by atoms with van der Waals surface area (Å²) in [7, 11) is 0. The second-order valence-corrected chi connectivity index (χ2v) is 4.41. The van der Waals surface area contributed by atoms with E-state index in [9.17, 15) is 0 Å². The maximum absolute atomic E-state index is 5.67. The highest BCUT2D eigenvalue weighted by Crippen LogP contribution is 2.59. The molecule has 2 atom stereocenters. The van der Waals surface area contributed by atoms with Crippen LogP contribution in [0.1, 0.15) is 40.0 Å². The molecule has 1 aliphatic carbocycles. The van der Waals surface area contributed by atoms with Crippen molar-refractivity contribution in [3.8, 4) is 0 Å². The van der Waals surface area contributed by atoms with Gasteiger partial charge in [0.25, 0.3) is 0 Å². The molecule has 0 bridgehead atoms. The van der Waals surface area contributed by atoms with E-state index in [2.05, 4.69) is 20.8 Å². The maximum Gasteiger partial charge on any atom is -0.00408 e. The van der Waals surface area contributed by atoms with Crippen LogP contribution in [0.15, 0.2) is 0 Å². The molecule has 1 saturated carbocycles. The van der Waals surface area contributed by atoms with Gasteiger partial charge < -0.3 is 5.73 Å². The minimum Gasteiger partial charge on any atom is -0.330 e. The Morgan fingerprint density at radius 1 is 1.27 bits per heavy atom. The van der Waals surface area contributed by atoms with Crippen molar-refractivity contribution in [2.75, 3.05) is 6.54 Å². The van der Waals surface area contributed by atoms with Gasteiger partial charge in [-0.05, 0) is 30.2 Å². The Morgan fingerprint density at radius 3 is 2.27 bits per heavy atom. The van der Waals surface area contributed by atoms with Crippen LogP contribution in [0.25, 0.3) is 0 Å². The summed E-state index contributed by atoms with van der Waals surface area (Å²) in [5.41, 5.74) is 6.23. The number of unbranched alkanes of at least 4 members (excludes halogenated alkanes) is 1. The molecule has 0 spiro atoms. The zero-order valence-corrected chi connectivity index (χ0v) is 8.06. The Balaban J connectivity index is 2.28. The molecule has 0 aliphatic heterocycles. The quantitative estimate of drug-likeness (QED) is 0.663. The van der Waals surface area contributed by atoms with Crippen molar-refractivity contribution < 1.29 is 0 Å². The van der Waals surface area contributed by atoms with Gasteiger partial charge in [-0.15, -0.1) is 0 Å². The van der Waals surface area contributed by atoms with Crippen LogP contribution in [-0.2, 0) is 0 Å². The van der Waals surface area contributed by atoms with Gasteiger partial charge in [0.1, 0.15) is 0 Å². The summed E-state index contributed by atoms with van der Waals surface area (Å²) in [4.78, 5) is 0. The molecule has 1 nitrogen and oxygen atoms in total. The topological polar surface area (TPSA) is 26.0 Å². The lowest BCUT2D eigenvalue weighted by Crippen LogP contribution is -2.05. The third-order valence-electron chi connectivity index (χ3n) is 3.41. The van der Waals surface area contributed by atoms with Crippen LogP contribution in [0.3, 0.4) is 0 Å². The van der Waals surface area contributed by atoms with E-state index < -0.39 is 0 Å². The molecule has 0 heterocycles. The summed E-state index contributed by atoms with van der Waals surface area (Å²) in [6.45, 7) is 7.85. The molecular formula is C10H21N. The standard InChI is InChI=1S/C10H21N/c1-4-5-6-8-9(7-11)10(8,2)3/h8-9H,4-7,11H2,1-3H3/t8-,9-/m0/s1. The lowest BCUT2D eigenvalue weighted by atomic mass is 10.1. The van der Waals surface area contributed by atoms with Crippen molar-refractivity contribution >= 4 is 0 Å². The summed E-state index contributed by atoms with van der Waals surface area (Å²) < 4.78 is 0. The Hall–Kier alpha value is -0.0400. The van der Waals surface area contributed by atoms with Gasteiger partial charge in [-0.25, -0.2) is 0 Å². The van der Waals surface area contributed by atoms with Gasteiger partial charge in [0.05, 0.1) is 0 Å². The fourth-order valence-corrected chi connectivity index (χ4v) is 2.32. The fraction of sp³-hybridized carbons (Fsp3) is 1.00. The zero-order chi connectivity index (χ0) is 8.48. The molecule has 66 valence electrons. The van der Waals surface area contributed by atoms with E-state index in [0.29, 0.717) is 5.41 Å². The highest BCUT2D eigenvalue weighted by molar-refractivity contribution is 5.04. The number of hydrogen-bond acceptors (Lipinski definition) is 1. The predicted octanol–water partition coefficient (Wildman–Crippen LogP) is 2.41. The van der Waals surface area contributed by atoms with E-state index in [1.54, 1.807) is 0 Å². The third kappa shape index (κ3) is 1.58. The van der Waals surface area contributed by atoms with Gasteiger partial charge in [0.15, 0.2) is 0 Å². The van der Waals surface area contributed by atoms with Gasteiger partial charge in [0.2, 0.25) is 0 Å². The monoisotopic (exact) mass is 155 g/mol. The summed E-state index contributed by atoms with van der Waals surface area (Å²) in [6, 6.07) is 0. The van der Waals surface area contributed by atoms with Gasteiger partial charge in [0, 0.05) is 0 Å². The van der Waals surface area contributed by atoms with Gasteiger partial charge >= 0.3 is 0 Å². The van der Waals surface area contributed by atoms with Crippen molar-refractivity contribution in [1.82, 2.24) is 0 Å². The summed E-state index contributed by atoms with van der Waals surface area (Å²) in [6.07, 6.45) is 4.10. The Labute approximate surface area is 70.4 Å². The van der Waals surface area contributed by atoms with Crippen molar-refractivity contribution in [3.63, 3.8) is 0 Å². The van der Waals surface area contributed by atoms with E-state index in [4.69, 9.17) is 5.73 Å². The fourth-order valence-electron chi connectivity index (χ4n) is 2.32. The maximum atomic E-state index is 5.67. The Morgan fingerprint density at radius 2 is 1.91 bits per heavy atom. The smallest absolute Gasteiger partial charge is 0.00408 e. The summed E-state index contributed by atoms with van der Waals surface area (Å²) in [5.74, 6) is 1.74. The lowest BCUT2D eigenvalue weighted by molar-refractivity contribution is 0.510. The molecule has 1 rings (SSSR count). The van der Waals surface area contributed by atoms with Crippen molar-refractivity contribution in [2.45, 2.75) is 40.0 Å². The van der Waals surface area contributed by atoms with Crippen LogP contribution >= 0.6 is 0 Å². The molecule has 1 fully saturated rings. The first-order valence-corrected chi connectivity index (χ1v) is 4.84. The molecule has 11 heavy (non-hydrogen) atoms. The molecule has 0 aromatic heterocycles. The number of nitrogens with two attached hydrogens (primary N) is 1. The number of hydrogen-bond donors (Lipinski definition) is 1. The van der Waals surface area contributed by atoms with E-state index in [-0.39, 0.29) is 0 Å². The zero-order valence-electron chi connectivity index (χ0n) is 8.06. The first-order chi connectivity index (χ1) is 5.14. The van der Waals surface area contributed by atoms with E-state index in [1.807, 2.05) is 0 Å². The molecular weight excluding hydrogens is 134 g/mol. The second-order valence-electron chi connectivity index (χ2n) is 4.41. The lowest BCUT2D eigenvalue weighted by Gasteiger charge is -2.00. The molecule has 0 radical (unpaired) electrons. The molecule has 0 unspecified atom stereocenters. The van der Waals surface area contributed by atoms with Crippen LogP contribution in [0.4, 0.5) is 0 Å². The minimum absolute atomic E-state index is 0.559. The molecule has 1 aliphatic rings.